The molecule has 2 heterocycles. The molecule has 0 aliphatic carbocycles. The number of hydrogen-bond donors (Lipinski definition) is 0. The Kier molecular flexibility index (Phi) is 4.82. The van der Waals surface area contributed by atoms with E-state index in [0.717, 1.165) is 18.7 Å². The number of carbonyl (C=O) groups excluding carboxylic acids is 1. The molecule has 1 aliphatic rings. The van der Waals surface area contributed by atoms with Crippen LogP contribution in [-0.4, -0.2) is 48.1 Å². The van der Waals surface area contributed by atoms with Gasteiger partial charge in [-0.1, -0.05) is 6.08 Å². The molecule has 2 rings (SSSR count). The average molecular weight is 311 g/mol. The van der Waals surface area contributed by atoms with Crippen molar-refractivity contribution in [1.29, 1.82) is 0 Å². The molecule has 0 N–H and O–H groups in total. The molecule has 1 aromatic rings. The number of allylic oxidation sites excluding steroid dienone is 1. The van der Waals surface area contributed by atoms with Crippen LogP contribution in [0.15, 0.2) is 23.9 Å². The number of rotatable bonds is 6. The van der Waals surface area contributed by atoms with E-state index in [9.17, 15) is 13.2 Å². The van der Waals surface area contributed by atoms with Gasteiger partial charge in [-0.25, -0.2) is 13.4 Å². The van der Waals surface area contributed by atoms with E-state index in [1.54, 1.807) is 24.2 Å². The average Bonchev–Trinajstić information content (AvgIpc) is 2.95. The largest absolute Gasteiger partial charge is 0.346 e. The Bertz CT molecular complexity index is 634. The highest BCUT2D eigenvalue weighted by Crippen LogP contribution is 2.19. The van der Waals surface area contributed by atoms with Gasteiger partial charge in [0.05, 0.1) is 5.75 Å². The summed E-state index contributed by atoms with van der Waals surface area (Å²) in [5.41, 5.74) is 0. The minimum Gasteiger partial charge on any atom is -0.346 e. The quantitative estimate of drug-likeness (QED) is 0.777. The van der Waals surface area contributed by atoms with Crippen molar-refractivity contribution in [3.63, 3.8) is 0 Å². The van der Waals surface area contributed by atoms with E-state index in [0.29, 0.717) is 6.54 Å². The van der Waals surface area contributed by atoms with Gasteiger partial charge in [0, 0.05) is 57.2 Å². The Morgan fingerprint density at radius 3 is 2.86 bits per heavy atom. The number of aryl methyl sites for hydroxylation is 2. The molecule has 116 valence electrons. The predicted molar refractivity (Wildman–Crippen MR) is 80.2 cm³/mol. The number of sulfone groups is 1. The molecule has 1 atom stereocenters. The van der Waals surface area contributed by atoms with Crippen LogP contribution in [0.5, 0.6) is 0 Å². The van der Waals surface area contributed by atoms with Gasteiger partial charge >= 0.3 is 0 Å². The van der Waals surface area contributed by atoms with E-state index in [4.69, 9.17) is 0 Å². The number of imidazole rings is 1. The van der Waals surface area contributed by atoms with Gasteiger partial charge in [-0.15, -0.1) is 0 Å². The van der Waals surface area contributed by atoms with Crippen molar-refractivity contribution >= 4 is 15.7 Å². The summed E-state index contributed by atoms with van der Waals surface area (Å²) < 4.78 is 24.6. The zero-order chi connectivity index (χ0) is 15.5. The molecule has 21 heavy (non-hydrogen) atoms. The van der Waals surface area contributed by atoms with Gasteiger partial charge in [-0.2, -0.15) is 0 Å². The standard InChI is InChI=1S/C14H21N3O3S/c1-16-8-6-15-13(16)4-3-7-17(2)14(18)10-12-5-9-21(19,20)11-12/h5-6,8-9,12H,3-4,7,10-11H2,1-2H3/t12-/m1/s1. The van der Waals surface area contributed by atoms with E-state index < -0.39 is 9.84 Å². The Balaban J connectivity index is 1.73. The summed E-state index contributed by atoms with van der Waals surface area (Å²) in [6.45, 7) is 0.648. The zero-order valence-electron chi connectivity index (χ0n) is 12.4. The number of aromatic nitrogens is 2. The molecule has 0 saturated heterocycles. The van der Waals surface area contributed by atoms with Gasteiger partial charge in [0.15, 0.2) is 9.84 Å². The monoisotopic (exact) mass is 311 g/mol. The van der Waals surface area contributed by atoms with Crippen molar-refractivity contribution in [1.82, 2.24) is 14.5 Å². The van der Waals surface area contributed by atoms with E-state index >= 15 is 0 Å². The van der Waals surface area contributed by atoms with Crippen LogP contribution in [0, 0.1) is 5.92 Å². The highest BCUT2D eigenvalue weighted by Gasteiger charge is 2.24. The molecule has 0 radical (unpaired) electrons. The van der Waals surface area contributed by atoms with Crippen LogP contribution in [0.4, 0.5) is 0 Å². The molecule has 0 saturated carbocycles. The summed E-state index contributed by atoms with van der Waals surface area (Å²) in [6, 6.07) is 0. The first kappa shape index (κ1) is 15.8. The predicted octanol–water partition coefficient (Wildman–Crippen LogP) is 0.759. The van der Waals surface area contributed by atoms with Gasteiger partial charge in [0.2, 0.25) is 5.91 Å². The molecule has 7 heteroatoms. The van der Waals surface area contributed by atoms with Crippen LogP contribution in [0.2, 0.25) is 0 Å². The Labute approximate surface area is 125 Å². The Morgan fingerprint density at radius 1 is 1.52 bits per heavy atom. The fourth-order valence-corrected chi connectivity index (χ4v) is 3.78. The van der Waals surface area contributed by atoms with Crippen molar-refractivity contribution in [2.45, 2.75) is 19.3 Å². The molecular formula is C14H21N3O3S. The van der Waals surface area contributed by atoms with Crippen LogP contribution < -0.4 is 0 Å². The highest BCUT2D eigenvalue weighted by molar-refractivity contribution is 7.94. The Morgan fingerprint density at radius 2 is 2.29 bits per heavy atom. The number of hydrogen-bond acceptors (Lipinski definition) is 4. The van der Waals surface area contributed by atoms with Crippen molar-refractivity contribution in [2.75, 3.05) is 19.3 Å². The smallest absolute Gasteiger partial charge is 0.222 e. The molecule has 1 aromatic heterocycles. The first-order chi connectivity index (χ1) is 9.87. The third kappa shape index (κ3) is 4.42. The molecule has 6 nitrogen and oxygen atoms in total. The third-order valence-corrected chi connectivity index (χ3v) is 5.15. The maximum absolute atomic E-state index is 12.0. The van der Waals surface area contributed by atoms with Gasteiger partial charge < -0.3 is 9.47 Å². The van der Waals surface area contributed by atoms with Crippen LogP contribution in [0.1, 0.15) is 18.7 Å². The van der Waals surface area contributed by atoms with Gasteiger partial charge in [-0.3, -0.25) is 4.79 Å². The van der Waals surface area contributed by atoms with Crippen molar-refractivity contribution in [2.24, 2.45) is 13.0 Å². The lowest BCUT2D eigenvalue weighted by atomic mass is 10.1. The van der Waals surface area contributed by atoms with E-state index in [-0.39, 0.29) is 24.0 Å². The third-order valence-electron chi connectivity index (χ3n) is 3.68. The molecule has 0 fully saturated rings. The lowest BCUT2D eigenvalue weighted by Crippen LogP contribution is -2.30. The number of nitrogens with zero attached hydrogens (tertiary/aromatic N) is 3. The molecule has 0 unspecified atom stereocenters. The second kappa shape index (κ2) is 6.43. The van der Waals surface area contributed by atoms with Gasteiger partial charge in [0.1, 0.15) is 5.82 Å². The van der Waals surface area contributed by atoms with E-state index in [2.05, 4.69) is 4.98 Å². The number of amides is 1. The first-order valence-electron chi connectivity index (χ1n) is 6.98. The molecule has 0 aromatic carbocycles. The lowest BCUT2D eigenvalue weighted by molar-refractivity contribution is -0.130. The van der Waals surface area contributed by atoms with Crippen molar-refractivity contribution in [3.8, 4) is 0 Å². The maximum Gasteiger partial charge on any atom is 0.222 e. The van der Waals surface area contributed by atoms with Gasteiger partial charge in [-0.05, 0) is 6.42 Å². The van der Waals surface area contributed by atoms with Crippen molar-refractivity contribution < 1.29 is 13.2 Å². The zero-order valence-corrected chi connectivity index (χ0v) is 13.2. The summed E-state index contributed by atoms with van der Waals surface area (Å²) in [5.74, 6) is 0.863. The molecule has 0 spiro atoms. The summed E-state index contributed by atoms with van der Waals surface area (Å²) in [7, 11) is 0.626. The van der Waals surface area contributed by atoms with Crippen LogP contribution >= 0.6 is 0 Å². The fourth-order valence-electron chi connectivity index (χ4n) is 2.38. The highest BCUT2D eigenvalue weighted by atomic mass is 32.2. The van der Waals surface area contributed by atoms with Crippen molar-refractivity contribution in [3.05, 3.63) is 29.7 Å². The normalized spacial score (nSPS) is 19.8. The second-order valence-electron chi connectivity index (χ2n) is 5.50. The molecule has 1 amide bonds. The maximum atomic E-state index is 12.0. The van der Waals surface area contributed by atoms with Crippen LogP contribution in [0.3, 0.4) is 0 Å². The number of carbonyl (C=O) groups is 1. The second-order valence-corrected chi connectivity index (χ2v) is 7.43. The topological polar surface area (TPSA) is 72.3 Å². The summed E-state index contributed by atoms with van der Waals surface area (Å²) in [4.78, 5) is 18.0. The van der Waals surface area contributed by atoms with Crippen LogP contribution in [-0.2, 0) is 28.1 Å². The first-order valence-corrected chi connectivity index (χ1v) is 8.70. The minimum atomic E-state index is -3.08. The molecule has 1 aliphatic heterocycles. The Hall–Kier alpha value is -1.63. The van der Waals surface area contributed by atoms with E-state index in [1.807, 2.05) is 17.8 Å². The molecule has 0 bridgehead atoms. The lowest BCUT2D eigenvalue weighted by Gasteiger charge is -2.18. The summed E-state index contributed by atoms with van der Waals surface area (Å²) in [5, 5.41) is 1.21. The minimum absolute atomic E-state index is 0.0124. The molecular weight excluding hydrogens is 290 g/mol. The summed E-state index contributed by atoms with van der Waals surface area (Å²) >= 11 is 0. The SMILES string of the molecule is CN(CCCc1nccn1C)C(=O)C[C@H]1C=CS(=O)(=O)C1. The van der Waals surface area contributed by atoms with Gasteiger partial charge in [0.25, 0.3) is 0 Å². The fraction of sp³-hybridized carbons (Fsp3) is 0.571. The summed E-state index contributed by atoms with van der Waals surface area (Å²) in [6.07, 6.45) is 7.20. The van der Waals surface area contributed by atoms with Crippen LogP contribution in [0.25, 0.3) is 0 Å². The van der Waals surface area contributed by atoms with E-state index in [1.165, 1.54) is 5.41 Å².